The molecule has 0 unspecified atom stereocenters. The molecule has 0 aliphatic rings. The zero-order valence-corrected chi connectivity index (χ0v) is 14.9. The number of carbonyl (C=O) groups excluding carboxylic acids is 2. The zero-order valence-electron chi connectivity index (χ0n) is 13.4. The first kappa shape index (κ1) is 18.3. The standard InChI is InChI=1S/C16H18Cl2N4O2/c1-10-8-11(2)22(21-10)9-15(24)20-19-14(23)7-6-12-4-3-5-13(17)16(12)18/h3-5,8H,6-7,9H2,1-2H3,(H,19,23)(H,20,24). The van der Waals surface area contributed by atoms with Crippen molar-refractivity contribution in [2.24, 2.45) is 0 Å². The van der Waals surface area contributed by atoms with Crippen LogP contribution >= 0.6 is 23.2 Å². The topological polar surface area (TPSA) is 76.0 Å². The lowest BCUT2D eigenvalue weighted by Gasteiger charge is -2.09. The van der Waals surface area contributed by atoms with E-state index >= 15 is 0 Å². The van der Waals surface area contributed by atoms with Crippen molar-refractivity contribution in [1.29, 1.82) is 0 Å². The number of nitrogens with one attached hydrogen (secondary N) is 2. The summed E-state index contributed by atoms with van der Waals surface area (Å²) in [6.45, 7) is 3.75. The number of hydrogen-bond donors (Lipinski definition) is 2. The minimum atomic E-state index is -0.352. The van der Waals surface area contributed by atoms with Crippen LogP contribution in [0.5, 0.6) is 0 Å². The van der Waals surface area contributed by atoms with Crippen LogP contribution in [0.2, 0.25) is 10.0 Å². The van der Waals surface area contributed by atoms with Gasteiger partial charge in [0.2, 0.25) is 5.91 Å². The lowest BCUT2D eigenvalue weighted by Crippen LogP contribution is -2.43. The number of nitrogens with zero attached hydrogens (tertiary/aromatic N) is 2. The van der Waals surface area contributed by atoms with E-state index in [0.29, 0.717) is 16.5 Å². The maximum atomic E-state index is 11.8. The van der Waals surface area contributed by atoms with Crippen LogP contribution in [0.3, 0.4) is 0 Å². The smallest absolute Gasteiger partial charge is 0.260 e. The van der Waals surface area contributed by atoms with Gasteiger partial charge in [0.15, 0.2) is 0 Å². The van der Waals surface area contributed by atoms with Crippen LogP contribution in [0, 0.1) is 13.8 Å². The summed E-state index contributed by atoms with van der Waals surface area (Å²) in [6, 6.07) is 7.15. The Bertz CT molecular complexity index is 759. The molecule has 2 N–H and O–H groups in total. The van der Waals surface area contributed by atoms with Crippen LogP contribution in [0.15, 0.2) is 24.3 Å². The van der Waals surface area contributed by atoms with E-state index in [9.17, 15) is 9.59 Å². The summed E-state index contributed by atoms with van der Waals surface area (Å²) in [6.07, 6.45) is 0.610. The van der Waals surface area contributed by atoms with Gasteiger partial charge in [0.05, 0.1) is 15.7 Å². The van der Waals surface area contributed by atoms with E-state index in [1.54, 1.807) is 16.8 Å². The second-order valence-corrected chi connectivity index (χ2v) is 6.18. The molecule has 6 nitrogen and oxygen atoms in total. The van der Waals surface area contributed by atoms with E-state index in [1.807, 2.05) is 26.0 Å². The van der Waals surface area contributed by atoms with Crippen LogP contribution < -0.4 is 10.9 Å². The fourth-order valence-corrected chi connectivity index (χ4v) is 2.62. The molecular weight excluding hydrogens is 351 g/mol. The van der Waals surface area contributed by atoms with Crippen molar-refractivity contribution in [2.75, 3.05) is 0 Å². The van der Waals surface area contributed by atoms with Crippen LogP contribution in [0.4, 0.5) is 0 Å². The number of rotatable bonds is 5. The number of benzene rings is 1. The summed E-state index contributed by atoms with van der Waals surface area (Å²) in [5, 5.41) is 5.08. The van der Waals surface area contributed by atoms with E-state index in [4.69, 9.17) is 23.2 Å². The highest BCUT2D eigenvalue weighted by molar-refractivity contribution is 6.42. The zero-order chi connectivity index (χ0) is 17.7. The van der Waals surface area contributed by atoms with Crippen molar-refractivity contribution in [3.05, 3.63) is 51.3 Å². The van der Waals surface area contributed by atoms with Gasteiger partial charge in [-0.3, -0.25) is 25.1 Å². The van der Waals surface area contributed by atoms with Crippen molar-refractivity contribution >= 4 is 35.0 Å². The molecule has 0 spiro atoms. The molecule has 1 aromatic heterocycles. The maximum absolute atomic E-state index is 11.8. The third-order valence-electron chi connectivity index (χ3n) is 3.39. The monoisotopic (exact) mass is 368 g/mol. The normalized spacial score (nSPS) is 10.5. The van der Waals surface area contributed by atoms with E-state index < -0.39 is 0 Å². The van der Waals surface area contributed by atoms with Crippen molar-refractivity contribution in [3.63, 3.8) is 0 Å². The molecule has 2 rings (SSSR count). The molecule has 0 bridgehead atoms. The first-order valence-corrected chi connectivity index (χ1v) is 8.14. The van der Waals surface area contributed by atoms with Gasteiger partial charge in [-0.05, 0) is 38.0 Å². The lowest BCUT2D eigenvalue weighted by molar-refractivity contribution is -0.129. The Hall–Kier alpha value is -2.05. The number of amides is 2. The Labute approximate surface area is 150 Å². The second-order valence-electron chi connectivity index (χ2n) is 5.39. The molecule has 2 amide bonds. The summed E-state index contributed by atoms with van der Waals surface area (Å²) in [4.78, 5) is 23.6. The third kappa shape index (κ3) is 4.97. The average molecular weight is 369 g/mol. The number of hydrazine groups is 1. The number of hydrogen-bond acceptors (Lipinski definition) is 3. The Balaban J connectivity index is 1.77. The number of halogens is 2. The second kappa shape index (κ2) is 8.17. The summed E-state index contributed by atoms with van der Waals surface area (Å²) in [7, 11) is 0. The highest BCUT2D eigenvalue weighted by Crippen LogP contribution is 2.26. The fourth-order valence-electron chi connectivity index (χ4n) is 2.20. The molecule has 1 aromatic carbocycles. The number of aryl methyl sites for hydroxylation is 3. The van der Waals surface area contributed by atoms with E-state index in [2.05, 4.69) is 16.0 Å². The SMILES string of the molecule is Cc1cc(C)n(CC(=O)NNC(=O)CCc2cccc(Cl)c2Cl)n1. The molecule has 1 heterocycles. The summed E-state index contributed by atoms with van der Waals surface area (Å²) in [5.41, 5.74) is 7.25. The average Bonchev–Trinajstić information content (AvgIpc) is 2.84. The maximum Gasteiger partial charge on any atom is 0.260 e. The third-order valence-corrected chi connectivity index (χ3v) is 4.25. The predicted octanol–water partition coefficient (Wildman–Crippen LogP) is 2.59. The van der Waals surface area contributed by atoms with Crippen LogP contribution in [-0.4, -0.2) is 21.6 Å². The van der Waals surface area contributed by atoms with Gasteiger partial charge in [-0.15, -0.1) is 0 Å². The van der Waals surface area contributed by atoms with Gasteiger partial charge in [-0.25, -0.2) is 0 Å². The molecule has 8 heteroatoms. The van der Waals surface area contributed by atoms with Gasteiger partial charge in [0.1, 0.15) is 6.54 Å². The quantitative estimate of drug-likeness (QED) is 0.796. The van der Waals surface area contributed by atoms with E-state index in [-0.39, 0.29) is 24.8 Å². The Morgan fingerprint density at radius 1 is 1.17 bits per heavy atom. The Morgan fingerprint density at radius 2 is 1.88 bits per heavy atom. The molecule has 2 aromatic rings. The summed E-state index contributed by atoms with van der Waals surface area (Å²) < 4.78 is 1.57. The van der Waals surface area contributed by atoms with E-state index in [1.165, 1.54) is 0 Å². The molecule has 0 radical (unpaired) electrons. The molecule has 0 saturated heterocycles. The first-order valence-electron chi connectivity index (χ1n) is 7.38. The summed E-state index contributed by atoms with van der Waals surface area (Å²) >= 11 is 12.0. The molecule has 0 fully saturated rings. The molecule has 24 heavy (non-hydrogen) atoms. The molecule has 128 valence electrons. The molecule has 0 saturated carbocycles. The highest BCUT2D eigenvalue weighted by atomic mass is 35.5. The molecule has 0 aliphatic carbocycles. The fraction of sp³-hybridized carbons (Fsp3) is 0.312. The van der Waals surface area contributed by atoms with Crippen molar-refractivity contribution in [3.8, 4) is 0 Å². The van der Waals surface area contributed by atoms with Gasteiger partial charge in [0.25, 0.3) is 5.91 Å². The highest BCUT2D eigenvalue weighted by Gasteiger charge is 2.10. The van der Waals surface area contributed by atoms with Gasteiger partial charge in [-0.2, -0.15) is 5.10 Å². The van der Waals surface area contributed by atoms with Gasteiger partial charge >= 0.3 is 0 Å². The minimum absolute atomic E-state index is 0.0417. The summed E-state index contributed by atoms with van der Waals surface area (Å²) in [5.74, 6) is -0.664. The largest absolute Gasteiger partial charge is 0.273 e. The van der Waals surface area contributed by atoms with Crippen LogP contribution in [-0.2, 0) is 22.6 Å². The lowest BCUT2D eigenvalue weighted by atomic mass is 10.1. The molecular formula is C16H18Cl2N4O2. The Kier molecular flexibility index (Phi) is 6.23. The van der Waals surface area contributed by atoms with E-state index in [0.717, 1.165) is 17.0 Å². The van der Waals surface area contributed by atoms with Crippen molar-refractivity contribution in [1.82, 2.24) is 20.6 Å². The first-order chi connectivity index (χ1) is 11.4. The van der Waals surface area contributed by atoms with Crippen LogP contribution in [0.1, 0.15) is 23.4 Å². The number of carbonyl (C=O) groups is 2. The van der Waals surface area contributed by atoms with Crippen molar-refractivity contribution < 1.29 is 9.59 Å². The minimum Gasteiger partial charge on any atom is -0.273 e. The van der Waals surface area contributed by atoms with Crippen LogP contribution in [0.25, 0.3) is 0 Å². The van der Waals surface area contributed by atoms with Crippen molar-refractivity contribution in [2.45, 2.75) is 33.2 Å². The molecule has 0 atom stereocenters. The molecule has 0 aliphatic heterocycles. The van der Waals surface area contributed by atoms with Gasteiger partial charge in [-0.1, -0.05) is 35.3 Å². The Morgan fingerprint density at radius 3 is 2.54 bits per heavy atom. The van der Waals surface area contributed by atoms with Gasteiger partial charge < -0.3 is 0 Å². The predicted molar refractivity (Wildman–Crippen MR) is 92.8 cm³/mol. The number of aromatic nitrogens is 2. The van der Waals surface area contributed by atoms with Gasteiger partial charge in [0, 0.05) is 12.1 Å².